The number of hydrogen-bond donors (Lipinski definition) is 0. The normalized spacial score (nSPS) is 13.2. The zero-order chi connectivity index (χ0) is 20.3. The van der Waals surface area contributed by atoms with E-state index in [4.69, 9.17) is 16.3 Å². The fraction of sp³-hybridized carbons (Fsp3) is 0.450. The van der Waals surface area contributed by atoms with Crippen molar-refractivity contribution in [1.82, 2.24) is 19.6 Å². The predicted octanol–water partition coefficient (Wildman–Crippen LogP) is 3.52. The van der Waals surface area contributed by atoms with Crippen molar-refractivity contribution in [3.63, 3.8) is 0 Å². The number of amides is 2. The molecule has 3 rings (SSSR count). The van der Waals surface area contributed by atoms with Gasteiger partial charge in [0.1, 0.15) is 0 Å². The molecule has 0 N–H and O–H groups in total. The van der Waals surface area contributed by atoms with E-state index in [-0.39, 0.29) is 18.3 Å². The Labute approximate surface area is 169 Å². The van der Waals surface area contributed by atoms with Crippen molar-refractivity contribution < 1.29 is 14.3 Å². The van der Waals surface area contributed by atoms with Gasteiger partial charge in [0.15, 0.2) is 5.69 Å². The molecular weight excluding hydrogens is 380 g/mol. The molecule has 0 bridgehead atoms. The minimum absolute atomic E-state index is 0.0234. The minimum atomic E-state index is -0.469. The zero-order valence-electron chi connectivity index (χ0n) is 16.4. The van der Waals surface area contributed by atoms with Crippen LogP contribution in [0.1, 0.15) is 42.5 Å². The van der Waals surface area contributed by atoms with E-state index >= 15 is 0 Å². The van der Waals surface area contributed by atoms with Gasteiger partial charge in [-0.3, -0.25) is 0 Å². The second-order valence-electron chi connectivity index (χ2n) is 6.51. The highest BCUT2D eigenvalue weighted by atomic mass is 35.5. The molecule has 7 nitrogen and oxygen atoms in total. The lowest BCUT2D eigenvalue weighted by atomic mass is 10.0. The van der Waals surface area contributed by atoms with Gasteiger partial charge in [0, 0.05) is 36.6 Å². The molecule has 1 aromatic heterocycles. The molecule has 0 unspecified atom stereocenters. The Bertz CT molecular complexity index is 859. The number of halogens is 1. The lowest BCUT2D eigenvalue weighted by Gasteiger charge is -2.32. The topological polar surface area (TPSA) is 67.7 Å². The Kier molecular flexibility index (Phi) is 6.24. The van der Waals surface area contributed by atoms with Crippen LogP contribution in [0.25, 0.3) is 5.69 Å². The van der Waals surface area contributed by atoms with Gasteiger partial charge in [-0.1, -0.05) is 11.6 Å². The number of fused-ring (bicyclic) bond motifs is 1. The van der Waals surface area contributed by atoms with Crippen LogP contribution in [0.2, 0.25) is 5.02 Å². The number of benzene rings is 1. The molecule has 28 heavy (non-hydrogen) atoms. The fourth-order valence-corrected chi connectivity index (χ4v) is 3.56. The lowest BCUT2D eigenvalue weighted by molar-refractivity contribution is 0.0516. The standard InChI is InChI=1S/C20H25ClN4O3/c1-4-23(5-2)20(27)24-12-11-17-16(13-24)18(19(26)28-6-3)22-25(17)15-9-7-14(21)8-10-15/h7-10H,4-6,11-13H2,1-3H3. The number of hydrogen-bond acceptors (Lipinski definition) is 4. The summed E-state index contributed by atoms with van der Waals surface area (Å²) in [6.07, 6.45) is 0.609. The van der Waals surface area contributed by atoms with Gasteiger partial charge in [0.05, 0.1) is 24.5 Å². The van der Waals surface area contributed by atoms with Gasteiger partial charge in [0.2, 0.25) is 0 Å². The molecule has 2 heterocycles. The second-order valence-corrected chi connectivity index (χ2v) is 6.95. The van der Waals surface area contributed by atoms with E-state index in [0.717, 1.165) is 16.9 Å². The third kappa shape index (κ3) is 3.85. The van der Waals surface area contributed by atoms with E-state index in [0.29, 0.717) is 37.6 Å². The van der Waals surface area contributed by atoms with Crippen molar-refractivity contribution in [1.29, 1.82) is 0 Å². The van der Waals surface area contributed by atoms with Gasteiger partial charge < -0.3 is 14.5 Å². The van der Waals surface area contributed by atoms with Crippen molar-refractivity contribution in [2.45, 2.75) is 33.7 Å². The molecule has 2 amide bonds. The number of urea groups is 1. The zero-order valence-corrected chi connectivity index (χ0v) is 17.2. The fourth-order valence-electron chi connectivity index (χ4n) is 3.44. The van der Waals surface area contributed by atoms with E-state index in [1.807, 2.05) is 26.0 Å². The molecular formula is C20H25ClN4O3. The first-order chi connectivity index (χ1) is 13.5. The summed E-state index contributed by atoms with van der Waals surface area (Å²) < 4.78 is 6.96. The smallest absolute Gasteiger partial charge is 0.359 e. The minimum Gasteiger partial charge on any atom is -0.461 e. The predicted molar refractivity (Wildman–Crippen MR) is 107 cm³/mol. The summed E-state index contributed by atoms with van der Waals surface area (Å²) in [5, 5.41) is 5.17. The van der Waals surface area contributed by atoms with Gasteiger partial charge in [-0.15, -0.1) is 0 Å². The van der Waals surface area contributed by atoms with Crippen molar-refractivity contribution in [3.05, 3.63) is 46.2 Å². The van der Waals surface area contributed by atoms with Crippen LogP contribution in [0.3, 0.4) is 0 Å². The molecule has 150 valence electrons. The van der Waals surface area contributed by atoms with Crippen molar-refractivity contribution in [3.8, 4) is 5.69 Å². The Hall–Kier alpha value is -2.54. The van der Waals surface area contributed by atoms with Gasteiger partial charge in [-0.25, -0.2) is 14.3 Å². The van der Waals surface area contributed by atoms with Crippen LogP contribution >= 0.6 is 11.6 Å². The summed E-state index contributed by atoms with van der Waals surface area (Å²) in [5.41, 5.74) is 2.76. The molecule has 0 radical (unpaired) electrons. The molecule has 1 aromatic carbocycles. The van der Waals surface area contributed by atoms with Crippen LogP contribution in [0.4, 0.5) is 4.79 Å². The van der Waals surface area contributed by atoms with Crippen LogP contribution in [-0.2, 0) is 17.7 Å². The highest BCUT2D eigenvalue weighted by molar-refractivity contribution is 6.30. The van der Waals surface area contributed by atoms with Gasteiger partial charge in [-0.2, -0.15) is 5.10 Å². The highest BCUT2D eigenvalue weighted by Crippen LogP contribution is 2.27. The molecule has 2 aromatic rings. The number of esters is 1. The number of nitrogens with zero attached hydrogens (tertiary/aromatic N) is 4. The summed E-state index contributed by atoms with van der Waals surface area (Å²) in [5.74, 6) is -0.469. The Morgan fingerprint density at radius 3 is 2.46 bits per heavy atom. The molecule has 8 heteroatoms. The number of rotatable bonds is 5. The summed E-state index contributed by atoms with van der Waals surface area (Å²) in [4.78, 5) is 28.8. The first-order valence-electron chi connectivity index (χ1n) is 9.57. The molecule has 0 saturated carbocycles. The third-order valence-electron chi connectivity index (χ3n) is 4.90. The molecule has 1 aliphatic rings. The van der Waals surface area contributed by atoms with Crippen LogP contribution in [0.15, 0.2) is 24.3 Å². The first-order valence-corrected chi connectivity index (χ1v) is 9.95. The molecule has 1 aliphatic heterocycles. The highest BCUT2D eigenvalue weighted by Gasteiger charge is 2.32. The summed E-state index contributed by atoms with van der Waals surface area (Å²) >= 11 is 6.00. The average Bonchev–Trinajstić information content (AvgIpc) is 3.08. The summed E-state index contributed by atoms with van der Waals surface area (Å²) in [6, 6.07) is 7.27. The lowest BCUT2D eigenvalue weighted by Crippen LogP contribution is -2.45. The van der Waals surface area contributed by atoms with Gasteiger partial charge in [0.25, 0.3) is 0 Å². The van der Waals surface area contributed by atoms with E-state index in [2.05, 4.69) is 5.10 Å². The van der Waals surface area contributed by atoms with Crippen molar-refractivity contribution in [2.75, 3.05) is 26.2 Å². The van der Waals surface area contributed by atoms with Crippen LogP contribution in [0.5, 0.6) is 0 Å². The Morgan fingerprint density at radius 2 is 1.86 bits per heavy atom. The molecule has 0 spiro atoms. The van der Waals surface area contributed by atoms with Crippen molar-refractivity contribution >= 4 is 23.6 Å². The quantitative estimate of drug-likeness (QED) is 0.715. The first kappa shape index (κ1) is 20.2. The maximum absolute atomic E-state index is 12.8. The molecule has 0 atom stereocenters. The SMILES string of the molecule is CCOC(=O)c1nn(-c2ccc(Cl)cc2)c2c1CN(C(=O)N(CC)CC)CC2. The summed E-state index contributed by atoms with van der Waals surface area (Å²) in [6.45, 7) is 8.15. The number of carbonyl (C=O) groups excluding carboxylic acids is 2. The number of carbonyl (C=O) groups is 2. The number of aromatic nitrogens is 2. The van der Waals surface area contributed by atoms with E-state index in [1.165, 1.54) is 0 Å². The van der Waals surface area contributed by atoms with E-state index in [1.54, 1.807) is 33.5 Å². The maximum atomic E-state index is 12.8. The summed E-state index contributed by atoms with van der Waals surface area (Å²) in [7, 11) is 0. The van der Waals surface area contributed by atoms with E-state index < -0.39 is 5.97 Å². The second kappa shape index (κ2) is 8.65. The van der Waals surface area contributed by atoms with Crippen LogP contribution in [-0.4, -0.2) is 57.8 Å². The maximum Gasteiger partial charge on any atom is 0.359 e. The Balaban J connectivity index is 2.00. The van der Waals surface area contributed by atoms with Crippen molar-refractivity contribution in [2.24, 2.45) is 0 Å². The monoisotopic (exact) mass is 404 g/mol. The van der Waals surface area contributed by atoms with Gasteiger partial charge in [-0.05, 0) is 45.0 Å². The van der Waals surface area contributed by atoms with Gasteiger partial charge >= 0.3 is 12.0 Å². The Morgan fingerprint density at radius 1 is 1.18 bits per heavy atom. The van der Waals surface area contributed by atoms with Crippen LogP contribution in [0, 0.1) is 0 Å². The van der Waals surface area contributed by atoms with Crippen LogP contribution < -0.4 is 0 Å². The average molecular weight is 405 g/mol. The number of ether oxygens (including phenoxy) is 1. The van der Waals surface area contributed by atoms with E-state index in [9.17, 15) is 9.59 Å². The third-order valence-corrected chi connectivity index (χ3v) is 5.15. The molecule has 0 aliphatic carbocycles. The largest absolute Gasteiger partial charge is 0.461 e. The molecule has 0 fully saturated rings. The molecule has 0 saturated heterocycles.